The number of rotatable bonds is 15. The average Bonchev–Trinajstić information content (AvgIpc) is 3.86. The van der Waals surface area contributed by atoms with E-state index in [1.54, 1.807) is 55.7 Å². The number of hydrogen-bond acceptors (Lipinski definition) is 12. The Balaban J connectivity index is 1.35. The molecule has 14 nitrogen and oxygen atoms in total. The van der Waals surface area contributed by atoms with Gasteiger partial charge < -0.3 is 29.4 Å². The third-order valence-electron chi connectivity index (χ3n) is 8.61. The van der Waals surface area contributed by atoms with Crippen molar-refractivity contribution in [2.75, 3.05) is 39.8 Å². The molecule has 0 saturated heterocycles. The Morgan fingerprint density at radius 2 is 1.83 bits per heavy atom. The number of nitrogens with zero attached hydrogens (tertiary/aromatic N) is 6. The lowest BCUT2D eigenvalue weighted by molar-refractivity contribution is -0.727. The number of carbonyl (C=O) groups excluding carboxylic acids is 2. The van der Waals surface area contributed by atoms with Crippen LogP contribution in [0.2, 0.25) is 0 Å². The van der Waals surface area contributed by atoms with Crippen molar-refractivity contribution in [3.63, 3.8) is 0 Å². The molecule has 2 aromatic heterocycles. The van der Waals surface area contributed by atoms with E-state index in [2.05, 4.69) is 16.5 Å². The van der Waals surface area contributed by atoms with Gasteiger partial charge in [0.15, 0.2) is 11.5 Å². The first-order chi connectivity index (χ1) is 25.9. The fourth-order valence-electron chi connectivity index (χ4n) is 5.60. The minimum absolute atomic E-state index is 0.00929. The summed E-state index contributed by atoms with van der Waals surface area (Å²) in [4.78, 5) is 31.2. The molecule has 282 valence electrons. The van der Waals surface area contributed by atoms with Crippen molar-refractivity contribution in [3.05, 3.63) is 106 Å². The molecule has 2 atom stereocenters. The van der Waals surface area contributed by atoms with Gasteiger partial charge in [0.2, 0.25) is 13.1 Å². The fraction of sp³-hybridized carbons (Fsp3) is 0.297. The number of aromatic nitrogens is 4. The van der Waals surface area contributed by atoms with Crippen LogP contribution in [0.5, 0.6) is 11.5 Å². The molecule has 3 aromatic carbocycles. The van der Waals surface area contributed by atoms with Crippen molar-refractivity contribution >= 4 is 29.1 Å². The van der Waals surface area contributed by atoms with E-state index < -0.39 is 35.2 Å². The number of benzene rings is 3. The third-order valence-corrected chi connectivity index (χ3v) is 9.64. The molecule has 0 bridgehead atoms. The molecule has 17 heteroatoms. The molecule has 2 heterocycles. The average molecular weight is 763 g/mol. The number of thiazole rings is 1. The van der Waals surface area contributed by atoms with Crippen molar-refractivity contribution in [1.82, 2.24) is 20.1 Å². The first kappa shape index (κ1) is 39.3. The molecule has 2 N–H and O–H groups in total. The zero-order valence-corrected chi connectivity index (χ0v) is 30.9. The van der Waals surface area contributed by atoms with E-state index in [-0.39, 0.29) is 32.0 Å². The summed E-state index contributed by atoms with van der Waals surface area (Å²) in [5, 5.41) is 30.6. The molecular formula is C37H38F2N7O7S+. The molecular weight excluding hydrogens is 725 g/mol. The summed E-state index contributed by atoms with van der Waals surface area (Å²) in [5.74, 6) is -2.23. The van der Waals surface area contributed by atoms with Crippen molar-refractivity contribution in [2.45, 2.75) is 38.3 Å². The highest BCUT2D eigenvalue weighted by molar-refractivity contribution is 7.10. The van der Waals surface area contributed by atoms with Crippen LogP contribution >= 0.6 is 11.3 Å². The van der Waals surface area contributed by atoms with Gasteiger partial charge in [0.25, 0.3) is 6.33 Å². The first-order valence-electron chi connectivity index (χ1n) is 16.4. The van der Waals surface area contributed by atoms with Crippen LogP contribution in [-0.2, 0) is 39.8 Å². The lowest BCUT2D eigenvalue weighted by Crippen LogP contribution is -2.40. The van der Waals surface area contributed by atoms with E-state index in [0.29, 0.717) is 39.0 Å². The van der Waals surface area contributed by atoms with Crippen LogP contribution in [-0.4, -0.2) is 66.8 Å². The Morgan fingerprint density at radius 1 is 1.11 bits per heavy atom. The molecule has 0 saturated carbocycles. The second-order valence-corrected chi connectivity index (χ2v) is 13.0. The van der Waals surface area contributed by atoms with Crippen LogP contribution in [0, 0.1) is 23.0 Å². The number of amides is 1. The summed E-state index contributed by atoms with van der Waals surface area (Å²) in [5.41, 5.74) is 0.259. The van der Waals surface area contributed by atoms with Gasteiger partial charge in [-0.15, -0.1) is 16.0 Å². The van der Waals surface area contributed by atoms with Gasteiger partial charge in [-0.3, -0.25) is 9.69 Å². The van der Waals surface area contributed by atoms with Gasteiger partial charge in [-0.2, -0.15) is 5.26 Å². The summed E-state index contributed by atoms with van der Waals surface area (Å²) >= 11 is 1.24. The van der Waals surface area contributed by atoms with Gasteiger partial charge >= 0.3 is 12.1 Å². The van der Waals surface area contributed by atoms with Gasteiger partial charge in [-0.25, -0.2) is 23.1 Å². The molecule has 5 aromatic rings. The van der Waals surface area contributed by atoms with Crippen LogP contribution < -0.4 is 24.3 Å². The Hall–Kier alpha value is -5.96. The largest absolute Gasteiger partial charge is 0.493 e. The quantitative estimate of drug-likeness (QED) is 0.113. The number of esters is 1. The zero-order valence-electron chi connectivity index (χ0n) is 30.1. The molecule has 0 spiro atoms. The van der Waals surface area contributed by atoms with Gasteiger partial charge in [0.05, 0.1) is 48.8 Å². The third kappa shape index (κ3) is 8.80. The molecule has 0 aliphatic heterocycles. The van der Waals surface area contributed by atoms with Crippen LogP contribution in [0.3, 0.4) is 0 Å². The van der Waals surface area contributed by atoms with E-state index in [0.717, 1.165) is 23.8 Å². The van der Waals surface area contributed by atoms with Gasteiger partial charge in [-0.1, -0.05) is 19.1 Å². The Labute approximate surface area is 313 Å². The maximum atomic E-state index is 15.3. The summed E-state index contributed by atoms with van der Waals surface area (Å²) < 4.78 is 54.3. The lowest BCUT2D eigenvalue weighted by atomic mass is 9.82. The van der Waals surface area contributed by atoms with Crippen LogP contribution in [0.15, 0.2) is 72.6 Å². The van der Waals surface area contributed by atoms with Crippen molar-refractivity contribution < 1.29 is 47.0 Å². The van der Waals surface area contributed by atoms with Crippen LogP contribution in [0.4, 0.5) is 19.3 Å². The number of halogens is 2. The monoisotopic (exact) mass is 762 g/mol. The molecule has 0 aliphatic rings. The van der Waals surface area contributed by atoms with E-state index in [1.165, 1.54) is 59.4 Å². The Morgan fingerprint density at radius 3 is 2.52 bits per heavy atom. The maximum Gasteiger partial charge on any atom is 0.416 e. The number of hydrogen-bond donors (Lipinski definition) is 2. The van der Waals surface area contributed by atoms with Gasteiger partial charge in [0.1, 0.15) is 30.4 Å². The maximum absolute atomic E-state index is 15.3. The normalized spacial score (nSPS) is 12.6. The number of nitrogens with one attached hydrogen (secondary N) is 1. The van der Waals surface area contributed by atoms with E-state index in [1.807, 2.05) is 0 Å². The van der Waals surface area contributed by atoms with Crippen molar-refractivity contribution in [2.24, 2.45) is 0 Å². The number of likely N-dealkylation sites (N-methyl/N-ethyl adjacent to an activating group) is 1. The summed E-state index contributed by atoms with van der Waals surface area (Å²) in [6.45, 7) is 0.837. The van der Waals surface area contributed by atoms with Crippen LogP contribution in [0.1, 0.15) is 34.5 Å². The molecule has 1 amide bonds. The number of nitriles is 1. The fourth-order valence-corrected chi connectivity index (χ4v) is 6.57. The number of anilines is 1. The summed E-state index contributed by atoms with van der Waals surface area (Å²) in [6.07, 6.45) is 2.00. The van der Waals surface area contributed by atoms with E-state index >= 15 is 4.39 Å². The molecule has 54 heavy (non-hydrogen) atoms. The Bertz CT molecular complexity index is 2150. The molecule has 5 rings (SSSR count). The smallest absolute Gasteiger partial charge is 0.416 e. The topological polar surface area (TPSA) is 165 Å². The van der Waals surface area contributed by atoms with Gasteiger partial charge in [0, 0.05) is 46.2 Å². The minimum atomic E-state index is -2.05. The SMILES string of the molecule is CNCC(=O)OCc1cc(OC)c(OC)cc1N(C)C(=O)OC[n+]1cnn(CC(O)(c2cc(F)ccc2F)C(C)c2nc(-c3ccc(C#N)cc3)cs2)c1. The lowest BCUT2D eigenvalue weighted by Gasteiger charge is -2.32. The second-order valence-electron chi connectivity index (χ2n) is 12.1. The molecule has 0 radical (unpaired) electrons. The van der Waals surface area contributed by atoms with Crippen molar-refractivity contribution in [1.29, 1.82) is 5.26 Å². The predicted octanol–water partition coefficient (Wildman–Crippen LogP) is 4.65. The predicted molar refractivity (Wildman–Crippen MR) is 192 cm³/mol. The minimum Gasteiger partial charge on any atom is -0.493 e. The highest BCUT2D eigenvalue weighted by Crippen LogP contribution is 2.42. The van der Waals surface area contributed by atoms with E-state index in [4.69, 9.17) is 29.2 Å². The molecule has 2 unspecified atom stereocenters. The van der Waals surface area contributed by atoms with Crippen molar-refractivity contribution in [3.8, 4) is 28.8 Å². The standard InChI is InChI=1S/C37H38F2N7O7S/c1-23(35-43-30(18-54-35)25-8-6-24(15-40)7-9-25)37(49,28-13-27(38)10-11-29(28)39)19-46-21-45(20-42-46)22-53-36(48)44(3)31-14-33(51-5)32(50-4)12-26(31)17-52-34(47)16-41-2/h6-14,18,20-21,23,41,49H,16-17,19,22H2,1-5H3/q+1. The summed E-state index contributed by atoms with van der Waals surface area (Å²) in [6, 6.07) is 14.9. The first-order valence-corrected chi connectivity index (χ1v) is 17.3. The van der Waals surface area contributed by atoms with Gasteiger partial charge in [-0.05, 0) is 43.4 Å². The highest BCUT2D eigenvalue weighted by Gasteiger charge is 2.43. The highest BCUT2D eigenvalue weighted by atomic mass is 32.1. The Kier molecular flexibility index (Phi) is 12.5. The number of ether oxygens (including phenoxy) is 4. The summed E-state index contributed by atoms with van der Waals surface area (Å²) in [7, 11) is 5.97. The number of aliphatic hydroxyl groups is 1. The number of methoxy groups -OCH3 is 2. The van der Waals surface area contributed by atoms with Crippen LogP contribution in [0.25, 0.3) is 11.3 Å². The number of carbonyl (C=O) groups is 2. The molecule has 0 aliphatic carbocycles. The molecule has 0 fully saturated rings. The second kappa shape index (κ2) is 17.2. The van der Waals surface area contributed by atoms with E-state index in [9.17, 15) is 19.1 Å². The zero-order chi connectivity index (χ0) is 39.0.